The van der Waals surface area contributed by atoms with Gasteiger partial charge in [0.15, 0.2) is 11.4 Å². The maximum Gasteiger partial charge on any atom is 0.278 e. The number of rotatable bonds is 3. The highest BCUT2D eigenvalue weighted by atomic mass is 16.5. The van der Waals surface area contributed by atoms with Gasteiger partial charge >= 0.3 is 0 Å². The van der Waals surface area contributed by atoms with Crippen molar-refractivity contribution in [3.63, 3.8) is 0 Å². The number of carbonyl (C=O) groups is 1. The van der Waals surface area contributed by atoms with E-state index in [0.717, 1.165) is 28.0 Å². The van der Waals surface area contributed by atoms with Crippen molar-refractivity contribution in [2.75, 3.05) is 11.7 Å². The van der Waals surface area contributed by atoms with Gasteiger partial charge in [-0.2, -0.15) is 0 Å². The summed E-state index contributed by atoms with van der Waals surface area (Å²) in [6, 6.07) is 15.2. The van der Waals surface area contributed by atoms with E-state index in [1.807, 2.05) is 37.1 Å². The predicted octanol–water partition coefficient (Wildman–Crippen LogP) is 4.12. The second-order valence-corrected chi connectivity index (χ2v) is 9.48. The number of hydrogen-bond donors (Lipinski definition) is 1. The van der Waals surface area contributed by atoms with Crippen LogP contribution in [-0.4, -0.2) is 33.3 Å². The van der Waals surface area contributed by atoms with Crippen molar-refractivity contribution >= 4 is 5.91 Å². The fourth-order valence-electron chi connectivity index (χ4n) is 4.94. The van der Waals surface area contributed by atoms with E-state index in [-0.39, 0.29) is 36.3 Å². The lowest BCUT2D eigenvalue weighted by Gasteiger charge is -2.45. The third kappa shape index (κ3) is 3.34. The number of hydrogen-bond acceptors (Lipinski definition) is 5. The molecule has 0 bridgehead atoms. The van der Waals surface area contributed by atoms with Crippen LogP contribution in [0.5, 0.6) is 11.5 Å². The van der Waals surface area contributed by atoms with Crippen molar-refractivity contribution < 1.29 is 14.6 Å². The van der Waals surface area contributed by atoms with E-state index in [9.17, 15) is 14.7 Å². The summed E-state index contributed by atoms with van der Waals surface area (Å²) in [6.07, 6.45) is 1.58. The average molecular weight is 460 g/mol. The largest absolute Gasteiger partial charge is 0.502 e. The Hall–Kier alpha value is -3.74. The van der Waals surface area contributed by atoms with Gasteiger partial charge in [0.2, 0.25) is 5.43 Å². The molecule has 0 spiro atoms. The summed E-state index contributed by atoms with van der Waals surface area (Å²) in [7, 11) is 0. The molecule has 2 aromatic carbocycles. The molecule has 7 nitrogen and oxygen atoms in total. The van der Waals surface area contributed by atoms with Gasteiger partial charge in [0, 0.05) is 23.9 Å². The molecule has 1 aromatic heterocycles. The third-order valence-electron chi connectivity index (χ3n) is 6.73. The summed E-state index contributed by atoms with van der Waals surface area (Å²) in [4.78, 5) is 27.3. The summed E-state index contributed by atoms with van der Waals surface area (Å²) < 4.78 is 8.03. The maximum atomic E-state index is 13.3. The fraction of sp³-hybridized carbons (Fsp3) is 0.333. The molecule has 0 saturated carbocycles. The summed E-state index contributed by atoms with van der Waals surface area (Å²) in [6.45, 7) is 8.87. The molecular weight excluding hydrogens is 430 g/mol. The van der Waals surface area contributed by atoms with Crippen molar-refractivity contribution in [2.24, 2.45) is 0 Å². The number of para-hydroxylation sites is 1. The minimum Gasteiger partial charge on any atom is -0.502 e. The number of nitrogens with zero attached hydrogens (tertiary/aromatic N) is 3. The van der Waals surface area contributed by atoms with Gasteiger partial charge in [0.05, 0.1) is 0 Å². The van der Waals surface area contributed by atoms with Crippen LogP contribution in [0, 0.1) is 0 Å². The summed E-state index contributed by atoms with van der Waals surface area (Å²) in [5.41, 5.74) is 3.63. The highest BCUT2D eigenvalue weighted by Gasteiger charge is 2.39. The number of ether oxygens (including phenoxy) is 1. The van der Waals surface area contributed by atoms with E-state index in [0.29, 0.717) is 6.61 Å². The summed E-state index contributed by atoms with van der Waals surface area (Å²) >= 11 is 0. The second kappa shape index (κ2) is 8.24. The molecule has 3 heterocycles. The summed E-state index contributed by atoms with van der Waals surface area (Å²) in [5.74, 6) is 0.213. The molecule has 7 heteroatoms. The van der Waals surface area contributed by atoms with E-state index in [4.69, 9.17) is 4.74 Å². The number of carbonyl (C=O) groups excluding carboxylic acids is 1. The Morgan fingerprint density at radius 2 is 1.71 bits per heavy atom. The van der Waals surface area contributed by atoms with Gasteiger partial charge in [0.25, 0.3) is 5.91 Å². The van der Waals surface area contributed by atoms with Crippen LogP contribution >= 0.6 is 0 Å². The zero-order valence-electron chi connectivity index (χ0n) is 19.9. The van der Waals surface area contributed by atoms with E-state index < -0.39 is 11.2 Å². The molecule has 2 aliphatic rings. The topological polar surface area (TPSA) is 75.0 Å². The lowest BCUT2D eigenvalue weighted by atomic mass is 9.91. The fourth-order valence-corrected chi connectivity index (χ4v) is 4.94. The first-order chi connectivity index (χ1) is 16.3. The van der Waals surface area contributed by atoms with Gasteiger partial charge in [-0.3, -0.25) is 19.3 Å². The molecule has 1 atom stereocenters. The molecule has 3 aromatic rings. The SMILES string of the molecule is CC(C)c1cccc2c1OCc1ccccc1C2N1CN(C(C)C)C(=O)c2c(O)c(=O)ccn21. The smallest absolute Gasteiger partial charge is 0.278 e. The molecular formula is C27H29N3O4. The first kappa shape index (κ1) is 22.1. The van der Waals surface area contributed by atoms with Crippen molar-refractivity contribution in [3.05, 3.63) is 92.9 Å². The lowest BCUT2D eigenvalue weighted by Crippen LogP contribution is -2.57. The first-order valence-electron chi connectivity index (χ1n) is 11.7. The number of aromatic nitrogens is 1. The van der Waals surface area contributed by atoms with Crippen LogP contribution in [0.3, 0.4) is 0 Å². The van der Waals surface area contributed by atoms with Gasteiger partial charge in [0.1, 0.15) is 25.1 Å². The van der Waals surface area contributed by atoms with Gasteiger partial charge < -0.3 is 14.7 Å². The number of fused-ring (bicyclic) bond motifs is 3. The van der Waals surface area contributed by atoms with Crippen LogP contribution in [0.1, 0.15) is 72.4 Å². The van der Waals surface area contributed by atoms with Gasteiger partial charge in [-0.1, -0.05) is 56.3 Å². The highest BCUT2D eigenvalue weighted by molar-refractivity contribution is 5.96. The number of aromatic hydroxyl groups is 1. The molecule has 176 valence electrons. The Morgan fingerprint density at radius 1 is 0.971 bits per heavy atom. The first-order valence-corrected chi connectivity index (χ1v) is 11.7. The van der Waals surface area contributed by atoms with Crippen LogP contribution in [0.25, 0.3) is 0 Å². The average Bonchev–Trinajstić information content (AvgIpc) is 2.98. The molecule has 1 N–H and O–H groups in total. The Labute approximate surface area is 198 Å². The minimum absolute atomic E-state index is 0.0170. The van der Waals surface area contributed by atoms with Crippen LogP contribution in [0.4, 0.5) is 0 Å². The zero-order chi connectivity index (χ0) is 24.1. The normalized spacial score (nSPS) is 17.2. The van der Waals surface area contributed by atoms with Gasteiger partial charge in [-0.25, -0.2) is 0 Å². The van der Waals surface area contributed by atoms with E-state index in [1.165, 1.54) is 6.07 Å². The van der Waals surface area contributed by atoms with Crippen LogP contribution in [0.2, 0.25) is 0 Å². The predicted molar refractivity (Wildman–Crippen MR) is 130 cm³/mol. The zero-order valence-corrected chi connectivity index (χ0v) is 19.9. The molecule has 0 aliphatic carbocycles. The monoisotopic (exact) mass is 459 g/mol. The maximum absolute atomic E-state index is 13.3. The molecule has 34 heavy (non-hydrogen) atoms. The van der Waals surface area contributed by atoms with E-state index >= 15 is 0 Å². The quantitative estimate of drug-likeness (QED) is 0.638. The minimum atomic E-state index is -0.572. The van der Waals surface area contributed by atoms with Crippen molar-refractivity contribution in [2.45, 2.75) is 52.3 Å². The molecule has 0 saturated heterocycles. The Morgan fingerprint density at radius 3 is 2.44 bits per heavy atom. The lowest BCUT2D eigenvalue weighted by molar-refractivity contribution is 0.0621. The molecule has 2 aliphatic heterocycles. The van der Waals surface area contributed by atoms with Crippen LogP contribution < -0.4 is 15.2 Å². The molecule has 0 radical (unpaired) electrons. The molecule has 1 amide bonds. The van der Waals surface area contributed by atoms with Crippen molar-refractivity contribution in [3.8, 4) is 11.5 Å². The van der Waals surface area contributed by atoms with Gasteiger partial charge in [-0.05, 0) is 36.5 Å². The third-order valence-corrected chi connectivity index (χ3v) is 6.73. The number of benzene rings is 2. The molecule has 1 unspecified atom stereocenters. The molecule has 0 fully saturated rings. The Balaban J connectivity index is 1.81. The second-order valence-electron chi connectivity index (χ2n) is 9.48. The number of amides is 1. The Kier molecular flexibility index (Phi) is 5.35. The van der Waals surface area contributed by atoms with Crippen LogP contribution in [-0.2, 0) is 6.61 Å². The van der Waals surface area contributed by atoms with E-state index in [2.05, 4.69) is 38.1 Å². The van der Waals surface area contributed by atoms with Crippen molar-refractivity contribution in [1.82, 2.24) is 9.58 Å². The highest BCUT2D eigenvalue weighted by Crippen LogP contribution is 2.43. The van der Waals surface area contributed by atoms with Crippen molar-refractivity contribution in [1.29, 1.82) is 0 Å². The number of pyridine rings is 1. The van der Waals surface area contributed by atoms with Crippen LogP contribution in [0.15, 0.2) is 59.5 Å². The van der Waals surface area contributed by atoms with Gasteiger partial charge in [-0.15, -0.1) is 0 Å². The molecule has 5 rings (SSSR count). The Bertz CT molecular complexity index is 1330. The standard InChI is InChI=1S/C27H29N3O4/c1-16(2)19-10-7-11-21-23(20-9-6-5-8-18(20)14-34-26(19)21)30-15-28(17(3)4)27(33)24-25(32)22(31)12-13-29(24)30/h5-13,16-17,23,32H,14-15H2,1-4H3. The van der Waals surface area contributed by atoms with E-state index in [1.54, 1.807) is 15.8 Å². The summed E-state index contributed by atoms with van der Waals surface area (Å²) in [5, 5.41) is 12.7.